The summed E-state index contributed by atoms with van der Waals surface area (Å²) >= 11 is 0. The van der Waals surface area contributed by atoms with E-state index in [0.29, 0.717) is 24.5 Å². The Bertz CT molecular complexity index is 376. The molecule has 1 aromatic carbocycles. The summed E-state index contributed by atoms with van der Waals surface area (Å²) in [4.78, 5) is 11.1. The summed E-state index contributed by atoms with van der Waals surface area (Å²) in [5.74, 6) is 0.149. The van der Waals surface area contributed by atoms with Crippen LogP contribution in [-0.4, -0.2) is 23.8 Å². The molecule has 0 radical (unpaired) electrons. The van der Waals surface area contributed by atoms with Crippen LogP contribution in [0.2, 0.25) is 0 Å². The molecule has 0 aliphatic carbocycles. The topological polar surface area (TPSA) is 55.8 Å². The Morgan fingerprint density at radius 3 is 2.44 bits per heavy atom. The molecule has 4 nitrogen and oxygen atoms in total. The molecule has 0 aliphatic heterocycles. The van der Waals surface area contributed by atoms with E-state index in [1.807, 2.05) is 19.9 Å². The van der Waals surface area contributed by atoms with E-state index in [1.165, 1.54) is 0 Å². The van der Waals surface area contributed by atoms with Gasteiger partial charge in [0.2, 0.25) is 0 Å². The minimum atomic E-state index is -0.942. The molecule has 0 amide bonds. The third-order valence-corrected chi connectivity index (χ3v) is 2.41. The van der Waals surface area contributed by atoms with Gasteiger partial charge in [-0.1, -0.05) is 32.4 Å². The monoisotopic (exact) mass is 252 g/mol. The van der Waals surface area contributed by atoms with Crippen LogP contribution in [0.5, 0.6) is 11.5 Å². The minimum absolute atomic E-state index is 0.484. The molecule has 0 fully saturated rings. The summed E-state index contributed by atoms with van der Waals surface area (Å²) in [7, 11) is 0. The van der Waals surface area contributed by atoms with Crippen LogP contribution in [0.3, 0.4) is 0 Å². The molecule has 18 heavy (non-hydrogen) atoms. The predicted molar refractivity (Wildman–Crippen MR) is 69.2 cm³/mol. The Kier molecular flexibility index (Phi) is 6.05. The average molecular weight is 252 g/mol. The first-order chi connectivity index (χ1) is 8.69. The molecule has 0 heterocycles. The smallest absolute Gasteiger partial charge is 0.344 e. The Hall–Kier alpha value is -1.71. The molecule has 1 atom stereocenters. The average Bonchev–Trinajstić information content (AvgIpc) is 2.37. The number of para-hydroxylation sites is 2. The summed E-state index contributed by atoms with van der Waals surface area (Å²) in [5.41, 5.74) is 0. The zero-order valence-electron chi connectivity index (χ0n) is 10.9. The first kappa shape index (κ1) is 14.4. The maximum absolute atomic E-state index is 11.1. The van der Waals surface area contributed by atoms with Crippen molar-refractivity contribution in [1.29, 1.82) is 0 Å². The maximum Gasteiger partial charge on any atom is 0.344 e. The highest BCUT2D eigenvalue weighted by Gasteiger charge is 2.19. The van der Waals surface area contributed by atoms with E-state index < -0.39 is 12.1 Å². The van der Waals surface area contributed by atoms with Crippen LogP contribution in [0, 0.1) is 0 Å². The van der Waals surface area contributed by atoms with Crippen LogP contribution in [0.1, 0.15) is 33.1 Å². The Morgan fingerprint density at radius 2 is 1.89 bits per heavy atom. The second kappa shape index (κ2) is 7.58. The quantitative estimate of drug-likeness (QED) is 0.772. The molecule has 1 aromatic rings. The second-order valence-electron chi connectivity index (χ2n) is 4.03. The van der Waals surface area contributed by atoms with Crippen molar-refractivity contribution >= 4 is 5.97 Å². The molecule has 0 saturated heterocycles. The number of carboxylic acids is 1. The van der Waals surface area contributed by atoms with Crippen molar-refractivity contribution in [2.24, 2.45) is 0 Å². The highest BCUT2D eigenvalue weighted by molar-refractivity contribution is 5.72. The fourth-order valence-electron chi connectivity index (χ4n) is 1.53. The molecule has 0 aliphatic rings. The number of hydrogen-bond donors (Lipinski definition) is 1. The van der Waals surface area contributed by atoms with Crippen LogP contribution in [0.15, 0.2) is 24.3 Å². The van der Waals surface area contributed by atoms with Crippen molar-refractivity contribution in [1.82, 2.24) is 0 Å². The molecule has 100 valence electrons. The molecule has 1 unspecified atom stereocenters. The van der Waals surface area contributed by atoms with E-state index in [1.54, 1.807) is 18.2 Å². The van der Waals surface area contributed by atoms with Crippen molar-refractivity contribution in [2.75, 3.05) is 6.61 Å². The summed E-state index contributed by atoms with van der Waals surface area (Å²) in [6.45, 7) is 4.53. The number of rotatable bonds is 8. The van der Waals surface area contributed by atoms with Gasteiger partial charge >= 0.3 is 5.97 Å². The lowest BCUT2D eigenvalue weighted by atomic mass is 10.2. The lowest BCUT2D eigenvalue weighted by molar-refractivity contribution is -0.145. The largest absolute Gasteiger partial charge is 0.490 e. The van der Waals surface area contributed by atoms with E-state index in [4.69, 9.17) is 14.6 Å². The summed E-state index contributed by atoms with van der Waals surface area (Å²) in [5, 5.41) is 9.07. The van der Waals surface area contributed by atoms with E-state index in [0.717, 1.165) is 12.8 Å². The molecular formula is C14H20O4. The summed E-state index contributed by atoms with van der Waals surface area (Å²) in [6, 6.07) is 7.17. The third kappa shape index (κ3) is 4.28. The van der Waals surface area contributed by atoms with Gasteiger partial charge in [-0.05, 0) is 25.0 Å². The number of ether oxygens (including phenoxy) is 2. The molecule has 0 saturated carbocycles. The van der Waals surface area contributed by atoms with E-state index in [-0.39, 0.29) is 0 Å². The van der Waals surface area contributed by atoms with Gasteiger partial charge in [-0.15, -0.1) is 0 Å². The van der Waals surface area contributed by atoms with Crippen molar-refractivity contribution in [2.45, 2.75) is 39.2 Å². The van der Waals surface area contributed by atoms with E-state index in [2.05, 4.69) is 0 Å². The van der Waals surface area contributed by atoms with Gasteiger partial charge in [0.05, 0.1) is 6.61 Å². The molecule has 1 rings (SSSR count). The molecule has 4 heteroatoms. The lowest BCUT2D eigenvalue weighted by Crippen LogP contribution is -2.26. The maximum atomic E-state index is 11.1. The molecule has 0 aromatic heterocycles. The Morgan fingerprint density at radius 1 is 1.22 bits per heavy atom. The van der Waals surface area contributed by atoms with Crippen molar-refractivity contribution in [3.8, 4) is 11.5 Å². The van der Waals surface area contributed by atoms with Gasteiger partial charge in [0.25, 0.3) is 0 Å². The fraction of sp³-hybridized carbons (Fsp3) is 0.500. The zero-order valence-corrected chi connectivity index (χ0v) is 10.9. The van der Waals surface area contributed by atoms with Crippen LogP contribution >= 0.6 is 0 Å². The predicted octanol–water partition coefficient (Wildman–Crippen LogP) is 3.11. The van der Waals surface area contributed by atoms with Crippen molar-refractivity contribution in [3.63, 3.8) is 0 Å². The molecule has 0 bridgehead atoms. The molecular weight excluding hydrogens is 232 g/mol. The van der Waals surface area contributed by atoms with Crippen LogP contribution in [0.25, 0.3) is 0 Å². The van der Waals surface area contributed by atoms with Crippen LogP contribution < -0.4 is 9.47 Å². The molecule has 1 N–H and O–H groups in total. The standard InChI is InChI=1S/C14H20O4/c1-3-7-13(14(15)16)18-12-9-6-5-8-11(12)17-10-4-2/h5-6,8-9,13H,3-4,7,10H2,1-2H3,(H,15,16). The van der Waals surface area contributed by atoms with Gasteiger partial charge in [-0.25, -0.2) is 4.79 Å². The number of hydrogen-bond acceptors (Lipinski definition) is 3. The summed E-state index contributed by atoms with van der Waals surface area (Å²) in [6.07, 6.45) is 1.32. The SMILES string of the molecule is CCCOc1ccccc1OC(CCC)C(=O)O. The third-order valence-electron chi connectivity index (χ3n) is 2.41. The second-order valence-corrected chi connectivity index (χ2v) is 4.03. The number of benzene rings is 1. The van der Waals surface area contributed by atoms with Gasteiger partial charge in [-0.3, -0.25) is 0 Å². The van der Waals surface area contributed by atoms with Gasteiger partial charge in [-0.2, -0.15) is 0 Å². The summed E-state index contributed by atoms with van der Waals surface area (Å²) < 4.78 is 11.0. The number of carboxylic acid groups (broad SMARTS) is 1. The van der Waals surface area contributed by atoms with Gasteiger partial charge < -0.3 is 14.6 Å². The first-order valence-electron chi connectivity index (χ1n) is 6.30. The Balaban J connectivity index is 2.77. The number of carbonyl (C=O) groups is 1. The normalized spacial score (nSPS) is 11.9. The Labute approximate surface area is 108 Å². The van der Waals surface area contributed by atoms with E-state index >= 15 is 0 Å². The highest BCUT2D eigenvalue weighted by Crippen LogP contribution is 2.28. The molecule has 0 spiro atoms. The van der Waals surface area contributed by atoms with Gasteiger partial charge in [0.15, 0.2) is 17.6 Å². The first-order valence-corrected chi connectivity index (χ1v) is 6.30. The minimum Gasteiger partial charge on any atom is -0.490 e. The fourth-order valence-corrected chi connectivity index (χ4v) is 1.53. The van der Waals surface area contributed by atoms with Gasteiger partial charge in [0, 0.05) is 0 Å². The van der Waals surface area contributed by atoms with Crippen LogP contribution in [0.4, 0.5) is 0 Å². The zero-order chi connectivity index (χ0) is 13.4. The lowest BCUT2D eigenvalue weighted by Gasteiger charge is -2.17. The van der Waals surface area contributed by atoms with Gasteiger partial charge in [0.1, 0.15) is 0 Å². The van der Waals surface area contributed by atoms with Crippen molar-refractivity contribution < 1.29 is 19.4 Å². The number of aliphatic carboxylic acids is 1. The van der Waals surface area contributed by atoms with Crippen molar-refractivity contribution in [3.05, 3.63) is 24.3 Å². The highest BCUT2D eigenvalue weighted by atomic mass is 16.5. The van der Waals surface area contributed by atoms with E-state index in [9.17, 15) is 4.79 Å². The van der Waals surface area contributed by atoms with Crippen LogP contribution in [-0.2, 0) is 4.79 Å².